The second kappa shape index (κ2) is 8.81. The minimum Gasteiger partial charge on any atom is -0.352 e. The zero-order valence-corrected chi connectivity index (χ0v) is 15.8. The topological polar surface area (TPSA) is 74.2 Å². The molecule has 1 saturated heterocycles. The van der Waals surface area contributed by atoms with Gasteiger partial charge in [0.2, 0.25) is 0 Å². The van der Waals surface area contributed by atoms with Crippen LogP contribution >= 0.6 is 0 Å². The third-order valence-corrected chi connectivity index (χ3v) is 4.43. The first-order valence-electron chi connectivity index (χ1n) is 9.38. The van der Waals surface area contributed by atoms with Gasteiger partial charge in [-0.3, -0.25) is 9.89 Å². The summed E-state index contributed by atoms with van der Waals surface area (Å²) in [4.78, 5) is 16.2. The van der Waals surface area contributed by atoms with Gasteiger partial charge in [-0.05, 0) is 50.0 Å². The zero-order chi connectivity index (χ0) is 19.2. The Morgan fingerprint density at radius 3 is 2.56 bits per heavy atom. The molecule has 0 radical (unpaired) electrons. The molecule has 0 saturated carbocycles. The van der Waals surface area contributed by atoms with Gasteiger partial charge in [0.15, 0.2) is 5.65 Å². The summed E-state index contributed by atoms with van der Waals surface area (Å²) < 4.78 is 14.9. The Morgan fingerprint density at radius 1 is 1.19 bits per heavy atom. The minimum atomic E-state index is -0.341. The number of imidazole rings is 1. The highest BCUT2D eigenvalue weighted by atomic mass is 19.1. The monoisotopic (exact) mass is 371 g/mol. The number of aromatic nitrogens is 3. The molecule has 0 atom stereocenters. The first-order valence-corrected chi connectivity index (χ1v) is 9.38. The molecule has 3 aromatic rings. The molecule has 1 aliphatic heterocycles. The normalized spacial score (nSPS) is 14.1. The fraction of sp³-hybridized carbons (Fsp3) is 0.400. The maximum Gasteiger partial charge on any atom is 0.265 e. The molecule has 0 unspecified atom stereocenters. The van der Waals surface area contributed by atoms with Crippen LogP contribution in [-0.2, 0) is 0 Å². The third-order valence-electron chi connectivity index (χ3n) is 4.43. The van der Waals surface area contributed by atoms with Crippen LogP contribution in [-0.4, -0.2) is 27.7 Å². The number of benzene rings is 1. The average Bonchev–Trinajstić information content (AvgIpc) is 3.08. The van der Waals surface area contributed by atoms with Crippen molar-refractivity contribution in [3.05, 3.63) is 58.4 Å². The fourth-order valence-corrected chi connectivity index (χ4v) is 3.03. The van der Waals surface area contributed by atoms with Crippen LogP contribution in [0.5, 0.6) is 0 Å². The Labute approximate surface area is 157 Å². The molecule has 0 bridgehead atoms. The maximum absolute atomic E-state index is 13.2. The van der Waals surface area contributed by atoms with E-state index in [2.05, 4.69) is 20.7 Å². The summed E-state index contributed by atoms with van der Waals surface area (Å²) in [5.74, 6) is -0.118. The number of aromatic amines is 1. The van der Waals surface area contributed by atoms with Gasteiger partial charge < -0.3 is 10.6 Å². The van der Waals surface area contributed by atoms with E-state index in [0.717, 1.165) is 5.69 Å². The summed E-state index contributed by atoms with van der Waals surface area (Å²) in [5, 5.41) is 9.06. The van der Waals surface area contributed by atoms with Crippen molar-refractivity contribution < 1.29 is 4.39 Å². The fourth-order valence-electron chi connectivity index (χ4n) is 3.03. The van der Waals surface area contributed by atoms with E-state index < -0.39 is 0 Å². The lowest BCUT2D eigenvalue weighted by Crippen LogP contribution is -2.21. The van der Waals surface area contributed by atoms with Crippen LogP contribution < -0.4 is 16.2 Å². The average molecular weight is 371 g/mol. The number of halogens is 1. The van der Waals surface area contributed by atoms with E-state index in [1.807, 2.05) is 13.8 Å². The molecule has 3 heterocycles. The van der Waals surface area contributed by atoms with Crippen LogP contribution in [0.2, 0.25) is 0 Å². The molecule has 0 amide bonds. The van der Waals surface area contributed by atoms with Crippen LogP contribution in [0.1, 0.15) is 44.7 Å². The predicted octanol–water partition coefficient (Wildman–Crippen LogP) is 3.79. The number of anilines is 2. The summed E-state index contributed by atoms with van der Waals surface area (Å²) in [7, 11) is 0. The highest BCUT2D eigenvalue weighted by molar-refractivity contribution is 5.73. The molecule has 7 heteroatoms. The smallest absolute Gasteiger partial charge is 0.265 e. The molecule has 1 fully saturated rings. The number of fused-ring (bicyclic) bond motifs is 1. The Bertz CT molecular complexity index is 931. The second-order valence-electron chi connectivity index (χ2n) is 6.98. The lowest BCUT2D eigenvalue weighted by molar-refractivity contribution is 0.520. The molecule has 0 spiro atoms. The SMILES string of the molecule is C1CCNCC1.CC(C)c1cnc2c(Nc3cccc(F)c3)cc(=O)[nH]n12. The van der Waals surface area contributed by atoms with Crippen molar-refractivity contribution in [1.29, 1.82) is 0 Å². The molecule has 4 rings (SSSR count). The molecule has 144 valence electrons. The number of nitrogens with one attached hydrogen (secondary N) is 3. The molecule has 2 aromatic heterocycles. The van der Waals surface area contributed by atoms with Gasteiger partial charge in [0, 0.05) is 11.8 Å². The van der Waals surface area contributed by atoms with Crippen LogP contribution in [0.3, 0.4) is 0 Å². The highest BCUT2D eigenvalue weighted by Crippen LogP contribution is 2.22. The van der Waals surface area contributed by atoms with Crippen molar-refractivity contribution in [1.82, 2.24) is 19.9 Å². The van der Waals surface area contributed by atoms with Gasteiger partial charge >= 0.3 is 0 Å². The summed E-state index contributed by atoms with van der Waals surface area (Å²) in [6.45, 7) is 6.54. The molecule has 1 aliphatic rings. The second-order valence-corrected chi connectivity index (χ2v) is 6.98. The number of rotatable bonds is 3. The number of nitrogens with zero attached hydrogens (tertiary/aromatic N) is 2. The van der Waals surface area contributed by atoms with Crippen LogP contribution in [0.25, 0.3) is 5.65 Å². The van der Waals surface area contributed by atoms with Gasteiger partial charge in [0.25, 0.3) is 5.56 Å². The van der Waals surface area contributed by atoms with Crippen molar-refractivity contribution in [3.8, 4) is 0 Å². The molecule has 27 heavy (non-hydrogen) atoms. The van der Waals surface area contributed by atoms with Crippen LogP contribution in [0.4, 0.5) is 15.8 Å². The van der Waals surface area contributed by atoms with Crippen molar-refractivity contribution in [2.45, 2.75) is 39.0 Å². The lowest BCUT2D eigenvalue weighted by atomic mass is 10.2. The number of hydrogen-bond donors (Lipinski definition) is 3. The van der Waals surface area contributed by atoms with E-state index in [4.69, 9.17) is 0 Å². The van der Waals surface area contributed by atoms with E-state index in [-0.39, 0.29) is 17.3 Å². The number of piperidine rings is 1. The molecule has 1 aromatic carbocycles. The van der Waals surface area contributed by atoms with E-state index in [0.29, 0.717) is 17.0 Å². The Kier molecular flexibility index (Phi) is 6.24. The van der Waals surface area contributed by atoms with E-state index in [9.17, 15) is 9.18 Å². The van der Waals surface area contributed by atoms with Crippen LogP contribution in [0, 0.1) is 5.82 Å². The number of hydrogen-bond acceptors (Lipinski definition) is 4. The molecular formula is C20H26FN5O. The minimum absolute atomic E-state index is 0.222. The molecular weight excluding hydrogens is 345 g/mol. The summed E-state index contributed by atoms with van der Waals surface area (Å²) in [6, 6.07) is 7.48. The number of H-pyrrole nitrogens is 1. The molecule has 0 aliphatic carbocycles. The Balaban J connectivity index is 0.000000299. The van der Waals surface area contributed by atoms with Gasteiger partial charge in [-0.2, -0.15) is 0 Å². The van der Waals surface area contributed by atoms with E-state index in [1.165, 1.54) is 50.6 Å². The lowest BCUT2D eigenvalue weighted by Gasteiger charge is -2.09. The summed E-state index contributed by atoms with van der Waals surface area (Å²) >= 11 is 0. The summed E-state index contributed by atoms with van der Waals surface area (Å²) in [5.41, 5.74) is 2.36. The van der Waals surface area contributed by atoms with E-state index in [1.54, 1.807) is 22.8 Å². The molecule has 6 nitrogen and oxygen atoms in total. The summed E-state index contributed by atoms with van der Waals surface area (Å²) in [6.07, 6.45) is 5.94. The Hall–Kier alpha value is -2.67. The zero-order valence-electron chi connectivity index (χ0n) is 15.8. The van der Waals surface area contributed by atoms with Gasteiger partial charge in [-0.1, -0.05) is 26.3 Å². The van der Waals surface area contributed by atoms with Crippen LogP contribution in [0.15, 0.2) is 41.3 Å². The maximum atomic E-state index is 13.2. The van der Waals surface area contributed by atoms with E-state index >= 15 is 0 Å². The quantitative estimate of drug-likeness (QED) is 0.655. The van der Waals surface area contributed by atoms with Gasteiger partial charge in [-0.25, -0.2) is 13.9 Å². The first-order chi connectivity index (χ1) is 13.0. The van der Waals surface area contributed by atoms with Crippen molar-refractivity contribution in [3.63, 3.8) is 0 Å². The first kappa shape index (κ1) is 19.1. The van der Waals surface area contributed by atoms with Crippen molar-refractivity contribution >= 4 is 17.0 Å². The van der Waals surface area contributed by atoms with Crippen molar-refractivity contribution in [2.24, 2.45) is 0 Å². The molecule has 3 N–H and O–H groups in total. The highest BCUT2D eigenvalue weighted by Gasteiger charge is 2.12. The predicted molar refractivity (Wildman–Crippen MR) is 106 cm³/mol. The van der Waals surface area contributed by atoms with Gasteiger partial charge in [-0.15, -0.1) is 0 Å². The standard InChI is InChI=1S/C15H15FN4O.C5H11N/c1-9(2)13-8-17-15-12(7-14(21)19-20(13)15)18-11-5-3-4-10(16)6-11;1-2-4-6-5-3-1/h3-9,18H,1-2H3,(H,19,21);6H,1-5H2. The Morgan fingerprint density at radius 2 is 1.96 bits per heavy atom. The third kappa shape index (κ3) is 4.95. The van der Waals surface area contributed by atoms with Crippen molar-refractivity contribution in [2.75, 3.05) is 18.4 Å². The largest absolute Gasteiger partial charge is 0.352 e. The van der Waals surface area contributed by atoms with Gasteiger partial charge in [0.05, 0.1) is 17.6 Å². The van der Waals surface area contributed by atoms with Gasteiger partial charge in [0.1, 0.15) is 5.82 Å².